The Morgan fingerprint density at radius 1 is 1.23 bits per heavy atom. The number of hydrogen-bond donors (Lipinski definition) is 0. The van der Waals surface area contributed by atoms with E-state index in [-0.39, 0.29) is 12.4 Å². The van der Waals surface area contributed by atoms with Crippen LogP contribution in [-0.4, -0.2) is 37.0 Å². The molecule has 7 heteroatoms. The number of carbonyl (C=O) groups excluding carboxylic acids is 2. The lowest BCUT2D eigenvalue weighted by Gasteiger charge is -2.29. The van der Waals surface area contributed by atoms with Crippen LogP contribution in [0, 0.1) is 17.2 Å². The van der Waals surface area contributed by atoms with E-state index < -0.39 is 17.8 Å². The first-order chi connectivity index (χ1) is 12.5. The van der Waals surface area contributed by atoms with Crippen LogP contribution in [-0.2, 0) is 19.1 Å². The molecule has 1 aromatic carbocycles. The van der Waals surface area contributed by atoms with Gasteiger partial charge in [0, 0.05) is 17.4 Å². The van der Waals surface area contributed by atoms with E-state index in [9.17, 15) is 14.9 Å². The second-order valence-electron chi connectivity index (χ2n) is 5.61. The Hall–Kier alpha value is -2.59. The Labute approximate surface area is 156 Å². The first-order valence-electron chi connectivity index (χ1n) is 8.05. The summed E-state index contributed by atoms with van der Waals surface area (Å²) < 4.78 is 9.56. The molecule has 1 heterocycles. The zero-order valence-electron chi connectivity index (χ0n) is 14.9. The molecule has 1 aromatic rings. The van der Waals surface area contributed by atoms with Crippen molar-refractivity contribution in [1.82, 2.24) is 0 Å². The van der Waals surface area contributed by atoms with Crippen molar-refractivity contribution in [2.75, 3.05) is 20.0 Å². The molecule has 1 aliphatic heterocycles. The molecular formula is C19H20N2O4S. The standard InChI is InChI=1S/C19H20N2O4S/c1-12-16(19(23)25-3)17(13-7-5-4-6-8-13)14(11-20)18(21-12)26-10-9-15(22)24-2/h4-8,14,17H,9-10H2,1-3H3. The van der Waals surface area contributed by atoms with E-state index in [0.717, 1.165) is 5.56 Å². The van der Waals surface area contributed by atoms with Crippen molar-refractivity contribution in [1.29, 1.82) is 5.26 Å². The van der Waals surface area contributed by atoms with Crippen LogP contribution in [0.5, 0.6) is 0 Å². The predicted molar refractivity (Wildman–Crippen MR) is 99.5 cm³/mol. The molecule has 0 bridgehead atoms. The number of nitrogens with zero attached hydrogens (tertiary/aromatic N) is 2. The van der Waals surface area contributed by atoms with Gasteiger partial charge in [-0.15, -0.1) is 11.8 Å². The van der Waals surface area contributed by atoms with Crippen molar-refractivity contribution in [3.63, 3.8) is 0 Å². The quantitative estimate of drug-likeness (QED) is 0.738. The topological polar surface area (TPSA) is 88.8 Å². The molecule has 2 unspecified atom stereocenters. The molecule has 0 amide bonds. The molecular weight excluding hydrogens is 352 g/mol. The zero-order chi connectivity index (χ0) is 19.1. The highest BCUT2D eigenvalue weighted by Crippen LogP contribution is 2.41. The molecule has 0 N–H and O–H groups in total. The fourth-order valence-corrected chi connectivity index (χ4v) is 3.87. The lowest BCUT2D eigenvalue weighted by atomic mass is 9.79. The predicted octanol–water partition coefficient (Wildman–Crippen LogP) is 3.07. The van der Waals surface area contributed by atoms with Gasteiger partial charge >= 0.3 is 11.9 Å². The first kappa shape index (κ1) is 19.7. The summed E-state index contributed by atoms with van der Waals surface area (Å²) >= 11 is 1.34. The van der Waals surface area contributed by atoms with E-state index in [1.165, 1.54) is 26.0 Å². The molecule has 2 rings (SSSR count). The minimum Gasteiger partial charge on any atom is -0.469 e. The van der Waals surface area contributed by atoms with Crippen LogP contribution in [0.25, 0.3) is 0 Å². The largest absolute Gasteiger partial charge is 0.469 e. The van der Waals surface area contributed by atoms with Gasteiger partial charge in [0.1, 0.15) is 5.92 Å². The monoisotopic (exact) mass is 372 g/mol. The van der Waals surface area contributed by atoms with Gasteiger partial charge in [0.25, 0.3) is 0 Å². The van der Waals surface area contributed by atoms with E-state index in [2.05, 4.69) is 15.8 Å². The summed E-state index contributed by atoms with van der Waals surface area (Å²) in [6.07, 6.45) is 0.223. The van der Waals surface area contributed by atoms with Crippen molar-refractivity contribution >= 4 is 28.7 Å². The zero-order valence-corrected chi connectivity index (χ0v) is 15.7. The summed E-state index contributed by atoms with van der Waals surface area (Å²) in [4.78, 5) is 28.1. The van der Waals surface area contributed by atoms with Crippen molar-refractivity contribution in [3.05, 3.63) is 47.2 Å². The highest BCUT2D eigenvalue weighted by molar-refractivity contribution is 8.14. The Kier molecular flexibility index (Phi) is 6.98. The van der Waals surface area contributed by atoms with E-state index >= 15 is 0 Å². The molecule has 136 valence electrons. The summed E-state index contributed by atoms with van der Waals surface area (Å²) in [5.41, 5.74) is 1.76. The number of allylic oxidation sites excluding steroid dienone is 1. The average Bonchev–Trinajstić information content (AvgIpc) is 2.67. The van der Waals surface area contributed by atoms with Gasteiger partial charge in [-0.1, -0.05) is 30.3 Å². The number of nitriles is 1. The Bertz CT molecular complexity index is 780. The Morgan fingerprint density at radius 3 is 2.50 bits per heavy atom. The van der Waals surface area contributed by atoms with Gasteiger partial charge < -0.3 is 9.47 Å². The van der Waals surface area contributed by atoms with Gasteiger partial charge in [-0.05, 0) is 12.5 Å². The maximum atomic E-state index is 12.3. The molecule has 26 heavy (non-hydrogen) atoms. The molecule has 0 saturated heterocycles. The van der Waals surface area contributed by atoms with Crippen molar-refractivity contribution in [2.45, 2.75) is 19.3 Å². The molecule has 6 nitrogen and oxygen atoms in total. The average molecular weight is 372 g/mol. The normalized spacial score (nSPS) is 19.4. The van der Waals surface area contributed by atoms with Gasteiger partial charge in [0.2, 0.25) is 0 Å². The number of carbonyl (C=O) groups is 2. The number of thioether (sulfide) groups is 1. The highest BCUT2D eigenvalue weighted by Gasteiger charge is 2.39. The first-order valence-corrected chi connectivity index (χ1v) is 9.03. The van der Waals surface area contributed by atoms with Crippen LogP contribution in [0.1, 0.15) is 24.8 Å². The molecule has 1 aliphatic rings. The summed E-state index contributed by atoms with van der Waals surface area (Å²) in [6, 6.07) is 11.6. The molecule has 0 fully saturated rings. The minimum atomic E-state index is -0.627. The van der Waals surface area contributed by atoms with Crippen LogP contribution >= 0.6 is 11.8 Å². The fourth-order valence-electron chi connectivity index (χ4n) is 2.83. The minimum absolute atomic E-state index is 0.223. The lowest BCUT2D eigenvalue weighted by molar-refractivity contribution is -0.140. The SMILES string of the molecule is COC(=O)CCSC1=NC(C)=C(C(=O)OC)C(c2ccccc2)C1C#N. The number of hydrogen-bond acceptors (Lipinski definition) is 7. The van der Waals surface area contributed by atoms with Gasteiger partial charge in [0.05, 0.1) is 37.3 Å². The summed E-state index contributed by atoms with van der Waals surface area (Å²) in [5.74, 6) is -1.44. The second kappa shape index (κ2) is 9.20. The number of rotatable bonds is 5. The van der Waals surface area contributed by atoms with E-state index in [4.69, 9.17) is 4.74 Å². The van der Waals surface area contributed by atoms with E-state index in [1.807, 2.05) is 30.3 Å². The number of benzene rings is 1. The van der Waals surface area contributed by atoms with Crippen LogP contribution in [0.2, 0.25) is 0 Å². The molecule has 0 spiro atoms. The molecule has 0 radical (unpaired) electrons. The maximum Gasteiger partial charge on any atom is 0.336 e. The van der Waals surface area contributed by atoms with Crippen LogP contribution in [0.15, 0.2) is 46.6 Å². The van der Waals surface area contributed by atoms with E-state index in [1.54, 1.807) is 6.92 Å². The number of methoxy groups -OCH3 is 2. The molecule has 0 saturated carbocycles. The number of aliphatic imine (C=N–C) groups is 1. The fraction of sp³-hybridized carbons (Fsp3) is 0.368. The molecule has 2 atom stereocenters. The second-order valence-corrected chi connectivity index (χ2v) is 6.73. The molecule has 0 aliphatic carbocycles. The third-order valence-corrected chi connectivity index (χ3v) is 5.11. The maximum absolute atomic E-state index is 12.3. The third-order valence-electron chi connectivity index (χ3n) is 4.06. The van der Waals surface area contributed by atoms with Crippen LogP contribution < -0.4 is 0 Å². The third kappa shape index (κ3) is 4.33. The van der Waals surface area contributed by atoms with Crippen molar-refractivity contribution in [2.24, 2.45) is 10.9 Å². The van der Waals surface area contributed by atoms with Crippen molar-refractivity contribution in [3.8, 4) is 6.07 Å². The summed E-state index contributed by atoms with van der Waals surface area (Å²) in [6.45, 7) is 1.73. The summed E-state index contributed by atoms with van der Waals surface area (Å²) in [5, 5.41) is 10.4. The van der Waals surface area contributed by atoms with Gasteiger partial charge in [0.15, 0.2) is 0 Å². The van der Waals surface area contributed by atoms with Crippen LogP contribution in [0.4, 0.5) is 0 Å². The Morgan fingerprint density at radius 2 is 1.92 bits per heavy atom. The highest BCUT2D eigenvalue weighted by atomic mass is 32.2. The van der Waals surface area contributed by atoms with Crippen molar-refractivity contribution < 1.29 is 19.1 Å². The van der Waals surface area contributed by atoms with Crippen LogP contribution in [0.3, 0.4) is 0 Å². The van der Waals surface area contributed by atoms with Gasteiger partial charge in [-0.2, -0.15) is 5.26 Å². The smallest absolute Gasteiger partial charge is 0.336 e. The number of esters is 2. The molecule has 0 aromatic heterocycles. The lowest BCUT2D eigenvalue weighted by Crippen LogP contribution is -2.29. The summed E-state index contributed by atoms with van der Waals surface area (Å²) in [7, 11) is 2.65. The van der Waals surface area contributed by atoms with Gasteiger partial charge in [-0.25, -0.2) is 9.79 Å². The number of ether oxygens (including phenoxy) is 2. The van der Waals surface area contributed by atoms with Gasteiger partial charge in [-0.3, -0.25) is 4.79 Å². The Balaban J connectivity index is 2.41. The van der Waals surface area contributed by atoms with E-state index in [0.29, 0.717) is 22.1 Å².